The number of benzene rings is 2. The molecule has 154 valence electrons. The van der Waals surface area contributed by atoms with E-state index in [1.807, 2.05) is 6.07 Å². The largest absolute Gasteiger partial charge is 0.454 e. The molecule has 4 rings (SSSR count). The van der Waals surface area contributed by atoms with Crippen molar-refractivity contribution in [3.05, 3.63) is 59.2 Å². The van der Waals surface area contributed by atoms with E-state index < -0.39 is 0 Å². The second-order valence-corrected chi connectivity index (χ2v) is 8.07. The zero-order valence-electron chi connectivity index (χ0n) is 17.1. The summed E-state index contributed by atoms with van der Waals surface area (Å²) in [6.07, 6.45) is 0.890. The molecule has 0 radical (unpaired) electrons. The summed E-state index contributed by atoms with van der Waals surface area (Å²) >= 11 is 0. The number of nitrogens with one attached hydrogen (secondary N) is 3. The van der Waals surface area contributed by atoms with Gasteiger partial charge >= 0.3 is 0 Å². The van der Waals surface area contributed by atoms with Gasteiger partial charge in [-0.15, -0.1) is 0 Å². The maximum atomic E-state index is 12.3. The normalized spacial score (nSPS) is 20.4. The lowest BCUT2D eigenvalue weighted by Gasteiger charge is -2.29. The molecule has 2 aliphatic rings. The summed E-state index contributed by atoms with van der Waals surface area (Å²) in [6.45, 7) is 8.94. The molecule has 3 N–H and O–H groups in total. The van der Waals surface area contributed by atoms with E-state index >= 15 is 0 Å². The van der Waals surface area contributed by atoms with Gasteiger partial charge in [-0.25, -0.2) is 0 Å². The van der Waals surface area contributed by atoms with Crippen molar-refractivity contribution in [2.45, 2.75) is 19.9 Å². The highest BCUT2D eigenvalue weighted by molar-refractivity contribution is 5.76. The highest BCUT2D eigenvalue weighted by atomic mass is 16.7. The molecule has 2 aromatic carbocycles. The van der Waals surface area contributed by atoms with Crippen molar-refractivity contribution in [3.8, 4) is 11.5 Å². The molecule has 0 spiro atoms. The molecule has 0 saturated carbocycles. The zero-order chi connectivity index (χ0) is 20.1. The Hall–Kier alpha value is -2.57. The Balaban J connectivity index is 1.16. The Morgan fingerprint density at radius 3 is 2.59 bits per heavy atom. The molecule has 2 aliphatic heterocycles. The van der Waals surface area contributed by atoms with Crippen LogP contribution in [0.15, 0.2) is 42.5 Å². The number of quaternary nitrogens is 2. The van der Waals surface area contributed by atoms with Crippen LogP contribution in [-0.4, -0.2) is 52.0 Å². The fourth-order valence-corrected chi connectivity index (χ4v) is 4.17. The Bertz CT molecular complexity index is 847. The van der Waals surface area contributed by atoms with Gasteiger partial charge in [-0.05, 0) is 42.7 Å². The van der Waals surface area contributed by atoms with Crippen LogP contribution in [0.3, 0.4) is 0 Å². The first kappa shape index (κ1) is 19.7. The van der Waals surface area contributed by atoms with Crippen LogP contribution >= 0.6 is 0 Å². The molecule has 0 aliphatic carbocycles. The first-order valence-electron chi connectivity index (χ1n) is 10.5. The first-order valence-corrected chi connectivity index (χ1v) is 10.5. The van der Waals surface area contributed by atoms with Crippen molar-refractivity contribution in [2.75, 3.05) is 46.1 Å². The second kappa shape index (κ2) is 9.29. The minimum atomic E-state index is 0.160. The van der Waals surface area contributed by atoms with E-state index in [-0.39, 0.29) is 5.91 Å². The molecule has 29 heavy (non-hydrogen) atoms. The molecule has 6 nitrogen and oxygen atoms in total. The monoisotopic (exact) mass is 397 g/mol. The molecule has 1 amide bonds. The highest BCUT2D eigenvalue weighted by Gasteiger charge is 2.25. The lowest BCUT2D eigenvalue weighted by Crippen LogP contribution is -3.28. The van der Waals surface area contributed by atoms with Crippen molar-refractivity contribution in [3.63, 3.8) is 0 Å². The molecule has 1 saturated heterocycles. The number of hydrogen-bond acceptors (Lipinski definition) is 3. The number of carbonyl (C=O) groups is 1. The minimum absolute atomic E-state index is 0.160. The maximum absolute atomic E-state index is 12.3. The third kappa shape index (κ3) is 5.28. The maximum Gasteiger partial charge on any atom is 0.275 e. The van der Waals surface area contributed by atoms with Crippen molar-refractivity contribution in [2.24, 2.45) is 0 Å². The second-order valence-electron chi connectivity index (χ2n) is 8.07. The van der Waals surface area contributed by atoms with Crippen LogP contribution in [0.25, 0.3) is 0 Å². The topological polar surface area (TPSA) is 56.4 Å². The van der Waals surface area contributed by atoms with Gasteiger partial charge in [-0.3, -0.25) is 4.79 Å². The molecule has 0 unspecified atom stereocenters. The number of piperazine rings is 1. The van der Waals surface area contributed by atoms with Crippen LogP contribution in [0.2, 0.25) is 0 Å². The highest BCUT2D eigenvalue weighted by Crippen LogP contribution is 2.32. The average Bonchev–Trinajstić information content (AvgIpc) is 3.19. The van der Waals surface area contributed by atoms with E-state index in [0.717, 1.165) is 50.6 Å². The van der Waals surface area contributed by atoms with E-state index in [0.29, 0.717) is 19.9 Å². The SMILES string of the molecule is Cc1ccccc1CCNC(=O)C[NH+]1CC[NH+](Cc2ccc3c(c2)OCO3)CC1. The van der Waals surface area contributed by atoms with Crippen LogP contribution in [0.5, 0.6) is 11.5 Å². The lowest BCUT2D eigenvalue weighted by atomic mass is 10.1. The summed E-state index contributed by atoms with van der Waals surface area (Å²) in [5.74, 6) is 1.85. The van der Waals surface area contributed by atoms with E-state index in [9.17, 15) is 4.79 Å². The number of ether oxygens (including phenoxy) is 2. The van der Waals surface area contributed by atoms with Gasteiger partial charge in [-0.2, -0.15) is 0 Å². The third-order valence-electron chi connectivity index (χ3n) is 5.94. The fourth-order valence-electron chi connectivity index (χ4n) is 4.17. The number of aryl methyl sites for hydroxylation is 1. The zero-order valence-corrected chi connectivity index (χ0v) is 17.1. The summed E-state index contributed by atoms with van der Waals surface area (Å²) in [6, 6.07) is 14.6. The summed E-state index contributed by atoms with van der Waals surface area (Å²) in [4.78, 5) is 15.2. The Morgan fingerprint density at radius 1 is 1.00 bits per heavy atom. The quantitative estimate of drug-likeness (QED) is 0.583. The van der Waals surface area contributed by atoms with E-state index in [2.05, 4.69) is 48.6 Å². The third-order valence-corrected chi connectivity index (χ3v) is 5.94. The summed E-state index contributed by atoms with van der Waals surface area (Å²) in [7, 11) is 0. The molecule has 2 heterocycles. The summed E-state index contributed by atoms with van der Waals surface area (Å²) in [5, 5.41) is 3.09. The van der Waals surface area contributed by atoms with Gasteiger partial charge in [0.1, 0.15) is 32.7 Å². The Labute approximate surface area is 172 Å². The smallest absolute Gasteiger partial charge is 0.275 e. The van der Waals surface area contributed by atoms with Gasteiger partial charge in [0.2, 0.25) is 6.79 Å². The predicted octanol–water partition coefficient (Wildman–Crippen LogP) is -0.634. The van der Waals surface area contributed by atoms with Crippen LogP contribution < -0.4 is 24.6 Å². The molecular formula is C23H31N3O3+2. The molecule has 0 atom stereocenters. The van der Waals surface area contributed by atoms with Crippen molar-refractivity contribution in [1.82, 2.24) is 5.32 Å². The minimum Gasteiger partial charge on any atom is -0.454 e. The predicted molar refractivity (Wildman–Crippen MR) is 110 cm³/mol. The van der Waals surface area contributed by atoms with Crippen molar-refractivity contribution < 1.29 is 24.1 Å². The number of hydrogen-bond donors (Lipinski definition) is 3. The van der Waals surface area contributed by atoms with Crippen molar-refractivity contribution >= 4 is 5.91 Å². The van der Waals surface area contributed by atoms with Crippen LogP contribution in [0.1, 0.15) is 16.7 Å². The van der Waals surface area contributed by atoms with E-state index in [1.54, 1.807) is 4.90 Å². The van der Waals surface area contributed by atoms with Gasteiger partial charge < -0.3 is 24.6 Å². The number of carbonyl (C=O) groups excluding carboxylic acids is 1. The number of rotatable bonds is 7. The summed E-state index contributed by atoms with van der Waals surface area (Å²) in [5.41, 5.74) is 3.87. The summed E-state index contributed by atoms with van der Waals surface area (Å²) < 4.78 is 10.9. The van der Waals surface area contributed by atoms with Gasteiger partial charge in [0.15, 0.2) is 18.0 Å². The first-order chi connectivity index (χ1) is 14.2. The van der Waals surface area contributed by atoms with Gasteiger partial charge in [-0.1, -0.05) is 24.3 Å². The molecule has 0 aromatic heterocycles. The molecule has 0 bridgehead atoms. The average molecular weight is 398 g/mol. The number of amides is 1. The fraction of sp³-hybridized carbons (Fsp3) is 0.435. The van der Waals surface area contributed by atoms with Crippen LogP contribution in [0.4, 0.5) is 0 Å². The Morgan fingerprint density at radius 2 is 1.76 bits per heavy atom. The standard InChI is InChI=1S/C23H29N3O3/c1-18-4-2-3-5-20(18)8-9-24-23(27)16-26-12-10-25(11-13-26)15-19-6-7-21-22(14-19)29-17-28-21/h2-7,14H,8-13,15-17H2,1H3,(H,24,27)/p+2. The van der Waals surface area contributed by atoms with Crippen LogP contribution in [0, 0.1) is 6.92 Å². The van der Waals surface area contributed by atoms with Gasteiger partial charge in [0.25, 0.3) is 5.91 Å². The van der Waals surface area contributed by atoms with Crippen molar-refractivity contribution in [1.29, 1.82) is 0 Å². The molecule has 2 aromatic rings. The Kier molecular flexibility index (Phi) is 6.32. The van der Waals surface area contributed by atoms with Gasteiger partial charge in [0.05, 0.1) is 0 Å². The van der Waals surface area contributed by atoms with Crippen LogP contribution in [-0.2, 0) is 17.8 Å². The number of fused-ring (bicyclic) bond motifs is 1. The lowest BCUT2D eigenvalue weighted by molar-refractivity contribution is -1.02. The molecule has 6 heteroatoms. The van der Waals surface area contributed by atoms with E-state index in [1.165, 1.54) is 21.6 Å². The van der Waals surface area contributed by atoms with Gasteiger partial charge in [0, 0.05) is 12.1 Å². The molecule has 1 fully saturated rings. The van der Waals surface area contributed by atoms with E-state index in [4.69, 9.17) is 9.47 Å². The molecular weight excluding hydrogens is 366 g/mol.